The van der Waals surface area contributed by atoms with Crippen LogP contribution in [0.25, 0.3) is 0 Å². The van der Waals surface area contributed by atoms with Gasteiger partial charge >= 0.3 is 0 Å². The van der Waals surface area contributed by atoms with Crippen LogP contribution >= 0.6 is 92.8 Å². The summed E-state index contributed by atoms with van der Waals surface area (Å²) in [6.07, 6.45) is 0. The monoisotopic (exact) mass is 780 g/mol. The van der Waals surface area contributed by atoms with Crippen molar-refractivity contribution in [3.8, 4) is 0 Å². The van der Waals surface area contributed by atoms with Crippen molar-refractivity contribution in [2.45, 2.75) is 9.79 Å². The lowest BCUT2D eigenvalue weighted by Gasteiger charge is -2.26. The number of imide groups is 2. The predicted molar refractivity (Wildman–Crippen MR) is 174 cm³/mol. The van der Waals surface area contributed by atoms with Crippen molar-refractivity contribution in [3.05, 3.63) is 111 Å². The van der Waals surface area contributed by atoms with Gasteiger partial charge in [0.25, 0.3) is 23.6 Å². The van der Waals surface area contributed by atoms with Crippen LogP contribution in [-0.2, 0) is 9.84 Å². The molecule has 0 spiro atoms. The number of sulfone groups is 1. The Bertz CT molecular complexity index is 2000. The lowest BCUT2D eigenvalue weighted by atomic mass is 10.1. The van der Waals surface area contributed by atoms with E-state index in [2.05, 4.69) is 0 Å². The molecule has 6 rings (SSSR count). The Morgan fingerprint density at radius 3 is 0.911 bits per heavy atom. The van der Waals surface area contributed by atoms with Crippen LogP contribution in [0.5, 0.6) is 0 Å². The van der Waals surface area contributed by atoms with Crippen LogP contribution in [0.4, 0.5) is 11.4 Å². The highest BCUT2D eigenvalue weighted by Crippen LogP contribution is 2.55. The third-order valence-electron chi connectivity index (χ3n) is 6.97. The van der Waals surface area contributed by atoms with E-state index in [4.69, 9.17) is 92.8 Å². The van der Waals surface area contributed by atoms with Gasteiger partial charge in [0.05, 0.1) is 73.8 Å². The van der Waals surface area contributed by atoms with Crippen molar-refractivity contribution in [1.29, 1.82) is 0 Å². The predicted octanol–water partition coefficient (Wildman–Crippen LogP) is 9.35. The zero-order valence-electron chi connectivity index (χ0n) is 21.4. The Labute approximate surface area is 293 Å². The molecule has 0 saturated carbocycles. The molecule has 2 aliphatic heterocycles. The van der Waals surface area contributed by atoms with Gasteiger partial charge in [-0.15, -0.1) is 0 Å². The fourth-order valence-electron chi connectivity index (χ4n) is 4.98. The molecule has 0 N–H and O–H groups in total. The van der Waals surface area contributed by atoms with Crippen molar-refractivity contribution in [3.63, 3.8) is 0 Å². The van der Waals surface area contributed by atoms with Crippen LogP contribution in [0.3, 0.4) is 0 Å². The maximum absolute atomic E-state index is 14.8. The van der Waals surface area contributed by atoms with Crippen LogP contribution < -0.4 is 9.80 Å². The van der Waals surface area contributed by atoms with Gasteiger partial charge in [-0.25, -0.2) is 18.2 Å². The normalized spacial score (nSPS) is 14.5. The molecule has 4 aromatic carbocycles. The van der Waals surface area contributed by atoms with Gasteiger partial charge in [0.1, 0.15) is 9.79 Å². The van der Waals surface area contributed by atoms with Crippen molar-refractivity contribution in [2.75, 3.05) is 9.80 Å². The number of benzene rings is 4. The zero-order chi connectivity index (χ0) is 32.9. The number of carbonyl (C=O) groups is 4. The van der Waals surface area contributed by atoms with Crippen LogP contribution in [0.2, 0.25) is 40.2 Å². The molecule has 2 heterocycles. The van der Waals surface area contributed by atoms with Gasteiger partial charge in [0.15, 0.2) is 0 Å². The maximum atomic E-state index is 14.8. The molecule has 17 heteroatoms. The number of halogens is 8. The number of hydrogen-bond donors (Lipinski definition) is 0. The van der Waals surface area contributed by atoms with E-state index in [-0.39, 0.29) is 22.3 Å². The standard InChI is InChI=1S/C28H8Cl8N2O6S/c29-13-15(31)19(35)23(21(17(13)33)37-25(39)9-5-1-2-6-10(9)26(37)40)45(43,44)24-20(36)16(32)14(30)18(34)22(24)38-27(41)11-7-3-4-8-12(11)28(38)42/h1-8H. The molecule has 0 aromatic heterocycles. The Hall–Kier alpha value is -2.57. The molecule has 45 heavy (non-hydrogen) atoms. The van der Waals surface area contributed by atoms with Crippen LogP contribution in [-0.4, -0.2) is 32.0 Å². The molecule has 0 radical (unpaired) electrons. The van der Waals surface area contributed by atoms with E-state index in [0.29, 0.717) is 9.80 Å². The van der Waals surface area contributed by atoms with Crippen molar-refractivity contribution >= 4 is 138 Å². The highest BCUT2D eigenvalue weighted by atomic mass is 35.5. The molecule has 0 atom stereocenters. The minimum absolute atomic E-state index is 0.0774. The second kappa shape index (κ2) is 11.3. The molecule has 0 fully saturated rings. The van der Waals surface area contributed by atoms with E-state index in [1.807, 2.05) is 0 Å². The topological polar surface area (TPSA) is 109 Å². The summed E-state index contributed by atoms with van der Waals surface area (Å²) in [5, 5.41) is -5.01. The summed E-state index contributed by atoms with van der Waals surface area (Å²) in [5.41, 5.74) is -1.88. The van der Waals surface area contributed by atoms with E-state index in [1.54, 1.807) is 0 Å². The number of hydrogen-bond acceptors (Lipinski definition) is 6. The van der Waals surface area contributed by atoms with Gasteiger partial charge in [0.2, 0.25) is 9.84 Å². The lowest BCUT2D eigenvalue weighted by Crippen LogP contribution is -2.33. The minimum Gasteiger partial charge on any atom is -0.268 e. The summed E-state index contributed by atoms with van der Waals surface area (Å²) in [7, 11) is -5.34. The van der Waals surface area contributed by atoms with Gasteiger partial charge in [-0.2, -0.15) is 0 Å². The number of nitrogens with zero attached hydrogens (tertiary/aromatic N) is 2. The van der Waals surface area contributed by atoms with E-state index in [0.717, 1.165) is 0 Å². The molecular formula is C28H8Cl8N2O6S. The van der Waals surface area contributed by atoms with E-state index in [1.165, 1.54) is 48.5 Å². The van der Waals surface area contributed by atoms with Crippen LogP contribution in [0.15, 0.2) is 58.3 Å². The summed E-state index contributed by atoms with van der Waals surface area (Å²) in [6, 6.07) is 11.3. The quantitative estimate of drug-likeness (QED) is 0.116. The van der Waals surface area contributed by atoms with Gasteiger partial charge in [-0.05, 0) is 24.3 Å². The third kappa shape index (κ3) is 4.52. The average Bonchev–Trinajstić information content (AvgIpc) is 3.42. The van der Waals surface area contributed by atoms with Crippen LogP contribution in [0.1, 0.15) is 41.4 Å². The van der Waals surface area contributed by atoms with E-state index in [9.17, 15) is 27.6 Å². The van der Waals surface area contributed by atoms with Gasteiger partial charge in [-0.3, -0.25) is 19.2 Å². The summed E-state index contributed by atoms with van der Waals surface area (Å²) in [6.45, 7) is 0. The van der Waals surface area contributed by atoms with Crippen molar-refractivity contribution in [1.82, 2.24) is 0 Å². The molecule has 0 bridgehead atoms. The van der Waals surface area contributed by atoms with Gasteiger partial charge in [0, 0.05) is 0 Å². The fraction of sp³-hybridized carbons (Fsp3) is 0. The van der Waals surface area contributed by atoms with E-state index >= 15 is 0 Å². The van der Waals surface area contributed by atoms with Crippen molar-refractivity contribution in [2.24, 2.45) is 0 Å². The van der Waals surface area contributed by atoms with Crippen molar-refractivity contribution < 1.29 is 27.6 Å². The average molecular weight is 784 g/mol. The summed E-state index contributed by atoms with van der Waals surface area (Å²) in [4.78, 5) is 53.0. The second-order valence-corrected chi connectivity index (χ2v) is 14.2. The third-order valence-corrected chi connectivity index (χ3v) is 12.7. The number of anilines is 2. The first kappa shape index (κ1) is 32.4. The molecule has 8 nitrogen and oxygen atoms in total. The van der Waals surface area contributed by atoms with Gasteiger partial charge in [-0.1, -0.05) is 117 Å². The second-order valence-electron chi connectivity index (χ2n) is 9.35. The number of fused-ring (bicyclic) bond motifs is 2. The fourth-order valence-corrected chi connectivity index (χ4v) is 9.44. The Morgan fingerprint density at radius 1 is 0.400 bits per heavy atom. The summed E-state index contributed by atoms with van der Waals surface area (Å²) >= 11 is 51.2. The van der Waals surface area contributed by atoms with E-state index < -0.39 is 94.8 Å². The SMILES string of the molecule is O=C1c2ccccc2C(=O)N1c1c(Cl)c(Cl)c(Cl)c(Cl)c1S(=O)(=O)c1c(Cl)c(Cl)c(Cl)c(Cl)c1N1C(=O)c2ccccc2C1=O. The Balaban J connectivity index is 1.71. The molecule has 4 amide bonds. The molecule has 0 saturated heterocycles. The number of rotatable bonds is 4. The molecule has 4 aromatic rings. The molecular weight excluding hydrogens is 776 g/mol. The Kier molecular flexibility index (Phi) is 8.13. The summed E-state index contributed by atoms with van der Waals surface area (Å²) < 4.78 is 29.7. The molecule has 0 unspecified atom stereocenters. The highest BCUT2D eigenvalue weighted by molar-refractivity contribution is 7.92. The van der Waals surface area contributed by atoms with Gasteiger partial charge < -0.3 is 0 Å². The Morgan fingerprint density at radius 2 is 0.644 bits per heavy atom. The molecule has 0 aliphatic carbocycles. The smallest absolute Gasteiger partial charge is 0.266 e. The largest absolute Gasteiger partial charge is 0.268 e. The molecule has 2 aliphatic rings. The first-order chi connectivity index (χ1) is 21.1. The molecule has 228 valence electrons. The number of amides is 4. The first-order valence-electron chi connectivity index (χ1n) is 12.1. The van der Waals surface area contributed by atoms with Crippen LogP contribution in [0, 0.1) is 0 Å². The first-order valence-corrected chi connectivity index (χ1v) is 16.6. The summed E-state index contributed by atoms with van der Waals surface area (Å²) in [5.74, 6) is -3.88. The number of carbonyl (C=O) groups excluding carboxylic acids is 4. The highest BCUT2D eigenvalue weighted by Gasteiger charge is 2.47. The minimum atomic E-state index is -5.34. The maximum Gasteiger partial charge on any atom is 0.266 e. The lowest BCUT2D eigenvalue weighted by molar-refractivity contribution is 0.0909. The zero-order valence-corrected chi connectivity index (χ0v) is 28.3.